The highest BCUT2D eigenvalue weighted by molar-refractivity contribution is 6.21. The molecule has 0 saturated heterocycles. The van der Waals surface area contributed by atoms with E-state index in [0.29, 0.717) is 28.0 Å². The van der Waals surface area contributed by atoms with Crippen LogP contribution >= 0.6 is 0 Å². The largest absolute Gasteiger partial charge is 0.309 e. The van der Waals surface area contributed by atoms with Gasteiger partial charge in [0, 0.05) is 72.4 Å². The number of rotatable bonds is 7. The van der Waals surface area contributed by atoms with Crippen molar-refractivity contribution < 1.29 is 0 Å². The SMILES string of the molecule is C[N+]1(C)c2cc3c4ccccc4n(-c4nc(-c5ccccc5)cc(-c5ccccc5)n4)c3cc2-c2c1ccc1ccccc21.c1ccc(-c2nc(-c3ccccc3)nc(-n3c4cc5ccccc5cc4c4cc5c(cc43)c3ccccc3n5-c3ccccc3)n2)cc1. The topological polar surface area (TPSA) is 79.2 Å². The molecule has 0 radical (unpaired) electrons. The lowest BCUT2D eigenvalue weighted by molar-refractivity contribution is 0.569. The van der Waals surface area contributed by atoms with Crippen LogP contribution in [-0.4, -0.2) is 52.7 Å². The van der Waals surface area contributed by atoms with Gasteiger partial charge in [0.05, 0.1) is 69.7 Å². The van der Waals surface area contributed by atoms with Crippen molar-refractivity contribution in [3.63, 3.8) is 0 Å². The van der Waals surface area contributed by atoms with Gasteiger partial charge >= 0.3 is 0 Å². The fourth-order valence-corrected chi connectivity index (χ4v) is 14.2. The smallest absolute Gasteiger partial charge is 0.238 e. The van der Waals surface area contributed by atoms with Gasteiger partial charge in [-0.15, -0.1) is 0 Å². The number of hydrogen-bond donors (Lipinski definition) is 0. The Bertz CT molecular complexity index is 5840. The first-order valence-corrected chi connectivity index (χ1v) is 31.2. The summed E-state index contributed by atoms with van der Waals surface area (Å²) < 4.78 is 7.56. The van der Waals surface area contributed by atoms with Gasteiger partial charge in [-0.1, -0.05) is 224 Å². The van der Waals surface area contributed by atoms with Gasteiger partial charge in [-0.25, -0.2) is 15.0 Å². The molecular formula is C83H56N9+. The van der Waals surface area contributed by atoms with Crippen LogP contribution in [0.4, 0.5) is 11.4 Å². The van der Waals surface area contributed by atoms with Gasteiger partial charge < -0.3 is 4.57 Å². The zero-order valence-corrected chi connectivity index (χ0v) is 50.4. The molecule has 0 aliphatic carbocycles. The molecule has 0 fully saturated rings. The first kappa shape index (κ1) is 52.9. The molecule has 92 heavy (non-hydrogen) atoms. The molecule has 9 nitrogen and oxygen atoms in total. The Hall–Kier alpha value is -12.2. The van der Waals surface area contributed by atoms with Crippen LogP contribution in [0, 0.1) is 0 Å². The van der Waals surface area contributed by atoms with Crippen molar-refractivity contribution >= 4 is 98.3 Å². The van der Waals surface area contributed by atoms with E-state index in [4.69, 9.17) is 24.9 Å². The standard InChI is InChI=1S/C43H27N5.C40H29N4/c1-4-14-28(15-5-1)41-44-42(29-16-6-2-7-17-29)46-43(45-41)48-38-25-31-19-11-10-18-30(31)24-34(38)36-27-39-35(26-40(36)48)33-22-12-13-23-37(33)47(39)32-20-8-3-9-21-32;1-44(2)37-22-21-26-13-9-10-18-29(26)39(37)32-23-36-31(24-38(32)44)30-19-11-12-20-35(30)43(36)40-41-33(27-14-5-3-6-15-27)25-34(42-40)28-16-7-4-8-17-28/h1-27H;3-25H,1-2H3/q;+1. The van der Waals surface area contributed by atoms with Crippen molar-refractivity contribution in [2.45, 2.75) is 0 Å². The molecule has 0 N–H and O–H groups in total. The highest BCUT2D eigenvalue weighted by Crippen LogP contribution is 2.55. The minimum Gasteiger partial charge on any atom is -0.309 e. The molecule has 1 aliphatic heterocycles. The Labute approximate surface area is 529 Å². The zero-order chi connectivity index (χ0) is 61.0. The maximum absolute atomic E-state index is 5.24. The molecule has 19 rings (SSSR count). The Kier molecular flexibility index (Phi) is 12.1. The van der Waals surface area contributed by atoms with Crippen LogP contribution in [0.3, 0.4) is 0 Å². The van der Waals surface area contributed by atoms with Crippen LogP contribution < -0.4 is 4.48 Å². The van der Waals surface area contributed by atoms with E-state index in [1.807, 2.05) is 48.5 Å². The first-order chi connectivity index (χ1) is 45.4. The summed E-state index contributed by atoms with van der Waals surface area (Å²) in [7, 11) is 4.59. The predicted octanol–water partition coefficient (Wildman–Crippen LogP) is 20.5. The van der Waals surface area contributed by atoms with E-state index < -0.39 is 0 Å². The van der Waals surface area contributed by atoms with E-state index in [-0.39, 0.29) is 0 Å². The molecule has 1 aliphatic rings. The summed E-state index contributed by atoms with van der Waals surface area (Å²) in [5, 5.41) is 12.0. The molecule has 0 spiro atoms. The lowest BCUT2D eigenvalue weighted by Crippen LogP contribution is -2.31. The Morgan fingerprint density at radius 2 is 0.674 bits per heavy atom. The number of nitrogens with zero attached hydrogens (tertiary/aromatic N) is 9. The van der Waals surface area contributed by atoms with Crippen LogP contribution in [0.1, 0.15) is 0 Å². The molecule has 0 bridgehead atoms. The molecule has 5 aromatic heterocycles. The summed E-state index contributed by atoms with van der Waals surface area (Å²) in [6.45, 7) is 0. The van der Waals surface area contributed by atoms with E-state index in [1.54, 1.807) is 0 Å². The molecule has 13 aromatic carbocycles. The summed E-state index contributed by atoms with van der Waals surface area (Å²) in [6, 6.07) is 107. The number of fused-ring (bicyclic) bond motifs is 15. The Balaban J connectivity index is 0.000000136. The third-order valence-corrected chi connectivity index (χ3v) is 18.6. The number of aromatic nitrogens is 8. The maximum atomic E-state index is 5.24. The second kappa shape index (κ2) is 21.0. The van der Waals surface area contributed by atoms with Gasteiger partial charge in [-0.05, 0) is 88.3 Å². The molecule has 6 heterocycles. The number of hydrogen-bond acceptors (Lipinski definition) is 5. The molecule has 0 atom stereocenters. The van der Waals surface area contributed by atoms with Crippen molar-refractivity contribution in [3.05, 3.63) is 303 Å². The second-order valence-electron chi connectivity index (χ2n) is 24.2. The van der Waals surface area contributed by atoms with Crippen LogP contribution in [-0.2, 0) is 0 Å². The molecule has 9 heteroatoms. The van der Waals surface area contributed by atoms with Gasteiger partial charge in [0.25, 0.3) is 0 Å². The highest BCUT2D eigenvalue weighted by atomic mass is 15.3. The Morgan fingerprint density at radius 3 is 1.27 bits per heavy atom. The van der Waals surface area contributed by atoms with Crippen LogP contribution in [0.15, 0.2) is 303 Å². The molecule has 0 saturated carbocycles. The normalized spacial score (nSPS) is 12.5. The quantitative estimate of drug-likeness (QED) is 0.149. The van der Waals surface area contributed by atoms with E-state index in [0.717, 1.165) is 77.7 Å². The van der Waals surface area contributed by atoms with Gasteiger partial charge in [-0.2, -0.15) is 9.97 Å². The first-order valence-electron chi connectivity index (χ1n) is 31.2. The van der Waals surface area contributed by atoms with Gasteiger partial charge in [-0.3, -0.25) is 13.6 Å². The van der Waals surface area contributed by atoms with Crippen LogP contribution in [0.5, 0.6) is 0 Å². The van der Waals surface area contributed by atoms with Crippen molar-refractivity contribution in [2.24, 2.45) is 0 Å². The highest BCUT2D eigenvalue weighted by Gasteiger charge is 2.39. The van der Waals surface area contributed by atoms with Gasteiger partial charge in [0.15, 0.2) is 11.6 Å². The third-order valence-electron chi connectivity index (χ3n) is 18.6. The fourth-order valence-electron chi connectivity index (χ4n) is 14.2. The summed E-state index contributed by atoms with van der Waals surface area (Å²) in [5.41, 5.74) is 18.8. The van der Waals surface area contributed by atoms with E-state index in [1.165, 1.54) is 71.1 Å². The fraction of sp³-hybridized carbons (Fsp3) is 0.0241. The number of quaternary nitrogens is 1. The van der Waals surface area contributed by atoms with E-state index in [9.17, 15) is 0 Å². The molecule has 0 amide bonds. The molecular weight excluding hydrogens is 1120 g/mol. The number of benzene rings is 13. The van der Waals surface area contributed by atoms with Gasteiger partial charge in [0.1, 0.15) is 11.4 Å². The van der Waals surface area contributed by atoms with Crippen molar-refractivity contribution in [1.82, 2.24) is 43.1 Å². The van der Waals surface area contributed by atoms with E-state index in [2.05, 4.69) is 283 Å². The maximum Gasteiger partial charge on any atom is 0.238 e. The van der Waals surface area contributed by atoms with Crippen molar-refractivity contribution in [1.29, 1.82) is 0 Å². The third kappa shape index (κ3) is 8.47. The minimum atomic E-state index is 0.587. The monoisotopic (exact) mass is 1180 g/mol. The average Bonchev–Trinajstić information content (AvgIpc) is 1.60. The minimum absolute atomic E-state index is 0.587. The second-order valence-corrected chi connectivity index (χ2v) is 24.2. The lowest BCUT2D eigenvalue weighted by Gasteiger charge is -2.25. The summed E-state index contributed by atoms with van der Waals surface area (Å²) in [5.74, 6) is 2.53. The number of para-hydroxylation sites is 3. The van der Waals surface area contributed by atoms with Crippen LogP contribution in [0.25, 0.3) is 161 Å². The molecule has 0 unspecified atom stereocenters. The van der Waals surface area contributed by atoms with Crippen molar-refractivity contribution in [3.8, 4) is 74.0 Å². The summed E-state index contributed by atoms with van der Waals surface area (Å²) in [6.07, 6.45) is 0. The van der Waals surface area contributed by atoms with E-state index >= 15 is 0 Å². The lowest BCUT2D eigenvalue weighted by atomic mass is 9.97. The Morgan fingerprint density at radius 1 is 0.261 bits per heavy atom. The summed E-state index contributed by atoms with van der Waals surface area (Å²) >= 11 is 0. The predicted molar refractivity (Wildman–Crippen MR) is 380 cm³/mol. The summed E-state index contributed by atoms with van der Waals surface area (Å²) in [4.78, 5) is 25.8. The van der Waals surface area contributed by atoms with Crippen molar-refractivity contribution in [2.75, 3.05) is 14.1 Å². The zero-order valence-electron chi connectivity index (χ0n) is 50.4. The van der Waals surface area contributed by atoms with Gasteiger partial charge in [0.2, 0.25) is 11.9 Å². The average molecular weight is 1180 g/mol. The molecule has 18 aromatic rings. The van der Waals surface area contributed by atoms with Crippen LogP contribution in [0.2, 0.25) is 0 Å². The molecule has 432 valence electrons.